The molecular weight excluding hydrogens is 417 g/mol. The molecule has 1 fully saturated rings. The highest BCUT2D eigenvalue weighted by molar-refractivity contribution is 8.26. The number of amides is 1. The Morgan fingerprint density at radius 3 is 2.81 bits per heavy atom. The van der Waals surface area contributed by atoms with Crippen LogP contribution in [0, 0.1) is 0 Å². The van der Waals surface area contributed by atoms with Gasteiger partial charge in [0.1, 0.15) is 22.4 Å². The van der Waals surface area contributed by atoms with E-state index in [0.717, 1.165) is 11.8 Å². The van der Waals surface area contributed by atoms with Crippen molar-refractivity contribution in [1.29, 1.82) is 0 Å². The van der Waals surface area contributed by atoms with Crippen LogP contribution in [0.25, 0.3) is 17.4 Å². The lowest BCUT2D eigenvalue weighted by Crippen LogP contribution is -2.33. The van der Waals surface area contributed by atoms with E-state index in [9.17, 15) is 9.59 Å². The molecule has 0 atom stereocenters. The number of ether oxygens (including phenoxy) is 1. The largest absolute Gasteiger partial charge is 0.468 e. The first-order chi connectivity index (χ1) is 12.4. The van der Waals surface area contributed by atoms with Gasteiger partial charge in [0.2, 0.25) is 0 Å². The molecule has 0 bridgehead atoms. The molecule has 0 N–H and O–H groups in total. The van der Waals surface area contributed by atoms with Crippen LogP contribution in [0.1, 0.15) is 5.76 Å². The maximum absolute atomic E-state index is 12.4. The summed E-state index contributed by atoms with van der Waals surface area (Å²) in [6.45, 7) is -0.220. The van der Waals surface area contributed by atoms with Gasteiger partial charge in [-0.05, 0) is 30.3 Å². The Kier molecular flexibility index (Phi) is 5.72. The predicted octanol–water partition coefficient (Wildman–Crippen LogP) is 4.63. The number of furan rings is 1. The first-order valence-corrected chi connectivity index (χ1v) is 9.24. The summed E-state index contributed by atoms with van der Waals surface area (Å²) in [6.07, 6.45) is 1.57. The maximum atomic E-state index is 12.4. The number of hydrogen-bond acceptors (Lipinski definition) is 6. The summed E-state index contributed by atoms with van der Waals surface area (Å²) in [4.78, 5) is 25.4. The van der Waals surface area contributed by atoms with Gasteiger partial charge in [-0.15, -0.1) is 0 Å². The van der Waals surface area contributed by atoms with Crippen molar-refractivity contribution in [1.82, 2.24) is 4.90 Å². The number of hydrogen-bond donors (Lipinski definition) is 0. The molecular formula is C17H11Cl2NO4S2. The number of nitrogens with zero attached hydrogens (tertiary/aromatic N) is 1. The normalized spacial score (nSPS) is 15.8. The van der Waals surface area contributed by atoms with Crippen molar-refractivity contribution < 1.29 is 18.7 Å². The lowest BCUT2D eigenvalue weighted by atomic mass is 10.2. The van der Waals surface area contributed by atoms with Crippen LogP contribution in [-0.4, -0.2) is 34.8 Å². The van der Waals surface area contributed by atoms with E-state index >= 15 is 0 Å². The second-order valence-electron chi connectivity index (χ2n) is 5.17. The maximum Gasteiger partial charge on any atom is 0.325 e. The molecule has 1 aliphatic rings. The van der Waals surface area contributed by atoms with Crippen LogP contribution in [0.2, 0.25) is 10.0 Å². The van der Waals surface area contributed by atoms with Crippen molar-refractivity contribution >= 4 is 69.5 Å². The molecule has 26 heavy (non-hydrogen) atoms. The Morgan fingerprint density at radius 1 is 1.35 bits per heavy atom. The summed E-state index contributed by atoms with van der Waals surface area (Å²) in [7, 11) is 1.25. The van der Waals surface area contributed by atoms with Gasteiger partial charge in [-0.3, -0.25) is 14.5 Å². The summed E-state index contributed by atoms with van der Waals surface area (Å²) in [5.74, 6) is 0.0978. The van der Waals surface area contributed by atoms with E-state index in [1.54, 1.807) is 36.4 Å². The number of thioether (sulfide) groups is 1. The zero-order chi connectivity index (χ0) is 18.8. The molecule has 2 heterocycles. The first kappa shape index (κ1) is 19.0. The predicted molar refractivity (Wildman–Crippen MR) is 106 cm³/mol. The minimum absolute atomic E-state index is 0.220. The lowest BCUT2D eigenvalue weighted by Gasteiger charge is -2.11. The van der Waals surface area contributed by atoms with Crippen molar-refractivity contribution in [2.24, 2.45) is 0 Å². The number of carbonyl (C=O) groups excluding carboxylic acids is 2. The molecule has 9 heteroatoms. The number of methoxy groups -OCH3 is 1. The van der Waals surface area contributed by atoms with Crippen LogP contribution in [0.5, 0.6) is 0 Å². The fourth-order valence-electron chi connectivity index (χ4n) is 2.22. The molecule has 5 nitrogen and oxygen atoms in total. The summed E-state index contributed by atoms with van der Waals surface area (Å²) in [5.41, 5.74) is 0.689. The van der Waals surface area contributed by atoms with Gasteiger partial charge in [0.25, 0.3) is 5.91 Å². The SMILES string of the molecule is COC(=O)CN1C(=O)/C(=C/c2ccc(-c3ccc(Cl)cc3Cl)o2)SC1=S. The molecule has 134 valence electrons. The van der Waals surface area contributed by atoms with Crippen LogP contribution in [-0.2, 0) is 14.3 Å². The standard InChI is InChI=1S/C17H11Cl2NO4S2/c1-23-15(21)8-20-16(22)14(26-17(20)25)7-10-3-5-13(24-10)11-4-2-9(18)6-12(11)19/h2-7H,8H2,1H3/b14-7-. The first-order valence-electron chi connectivity index (χ1n) is 7.26. The average molecular weight is 428 g/mol. The third-order valence-corrected chi connectivity index (χ3v) is 5.41. The molecule has 1 aromatic carbocycles. The number of rotatable bonds is 4. The zero-order valence-electron chi connectivity index (χ0n) is 13.3. The van der Waals surface area contributed by atoms with E-state index in [1.807, 2.05) is 0 Å². The van der Waals surface area contributed by atoms with Gasteiger partial charge >= 0.3 is 5.97 Å². The third kappa shape index (κ3) is 3.96. The van der Waals surface area contributed by atoms with Gasteiger partial charge in [-0.2, -0.15) is 0 Å². The van der Waals surface area contributed by atoms with E-state index in [4.69, 9.17) is 39.8 Å². The highest BCUT2D eigenvalue weighted by Crippen LogP contribution is 2.35. The molecule has 2 aromatic rings. The van der Waals surface area contributed by atoms with Crippen molar-refractivity contribution in [2.45, 2.75) is 0 Å². The minimum atomic E-state index is -0.541. The summed E-state index contributed by atoms with van der Waals surface area (Å²) in [5, 5.41) is 0.989. The number of benzene rings is 1. The highest BCUT2D eigenvalue weighted by atomic mass is 35.5. The van der Waals surface area contributed by atoms with Gasteiger partial charge in [0.05, 0.1) is 17.0 Å². The van der Waals surface area contributed by atoms with Gasteiger partial charge < -0.3 is 9.15 Å². The van der Waals surface area contributed by atoms with Crippen molar-refractivity contribution in [2.75, 3.05) is 13.7 Å². The van der Waals surface area contributed by atoms with Gasteiger partial charge in [0.15, 0.2) is 0 Å². The lowest BCUT2D eigenvalue weighted by molar-refractivity contribution is -0.143. The van der Waals surface area contributed by atoms with Crippen LogP contribution in [0.4, 0.5) is 0 Å². The van der Waals surface area contributed by atoms with Crippen molar-refractivity contribution in [3.05, 3.63) is 51.0 Å². The number of thiocarbonyl (C=S) groups is 1. The zero-order valence-corrected chi connectivity index (χ0v) is 16.5. The molecule has 0 spiro atoms. The Morgan fingerprint density at radius 2 is 2.12 bits per heavy atom. The monoisotopic (exact) mass is 427 g/mol. The quantitative estimate of drug-likeness (QED) is 0.402. The van der Waals surface area contributed by atoms with Crippen LogP contribution in [0.3, 0.4) is 0 Å². The molecule has 1 saturated heterocycles. The van der Waals surface area contributed by atoms with Gasteiger partial charge in [0, 0.05) is 16.7 Å². The molecule has 0 radical (unpaired) electrons. The van der Waals surface area contributed by atoms with E-state index in [1.165, 1.54) is 12.0 Å². The smallest absolute Gasteiger partial charge is 0.325 e. The fourth-order valence-corrected chi connectivity index (χ4v) is 3.96. The summed E-state index contributed by atoms with van der Waals surface area (Å²) >= 11 is 18.3. The number of esters is 1. The Balaban J connectivity index is 1.83. The molecule has 1 aliphatic heterocycles. The van der Waals surface area contributed by atoms with Crippen LogP contribution in [0.15, 0.2) is 39.7 Å². The van der Waals surface area contributed by atoms with E-state index in [0.29, 0.717) is 36.4 Å². The molecule has 1 aromatic heterocycles. The second-order valence-corrected chi connectivity index (χ2v) is 7.69. The molecule has 1 amide bonds. The molecule has 0 unspecified atom stereocenters. The van der Waals surface area contributed by atoms with E-state index in [2.05, 4.69) is 4.74 Å². The number of halogens is 2. The topological polar surface area (TPSA) is 59.8 Å². The summed E-state index contributed by atoms with van der Waals surface area (Å²) < 4.78 is 10.6. The molecule has 0 aliphatic carbocycles. The van der Waals surface area contributed by atoms with E-state index in [-0.39, 0.29) is 12.5 Å². The third-order valence-electron chi connectivity index (χ3n) is 3.49. The summed E-state index contributed by atoms with van der Waals surface area (Å²) in [6, 6.07) is 8.55. The molecule has 3 rings (SSSR count). The van der Waals surface area contributed by atoms with Crippen LogP contribution < -0.4 is 0 Å². The average Bonchev–Trinajstić information content (AvgIpc) is 3.15. The van der Waals surface area contributed by atoms with Crippen molar-refractivity contribution in [3.63, 3.8) is 0 Å². The second kappa shape index (κ2) is 7.84. The fraction of sp³-hybridized carbons (Fsp3) is 0.118. The Bertz CT molecular complexity index is 939. The minimum Gasteiger partial charge on any atom is -0.468 e. The Hall–Kier alpha value is -1.80. The van der Waals surface area contributed by atoms with Gasteiger partial charge in [-0.25, -0.2) is 0 Å². The highest BCUT2D eigenvalue weighted by Gasteiger charge is 2.33. The van der Waals surface area contributed by atoms with Gasteiger partial charge in [-0.1, -0.05) is 47.2 Å². The Labute approximate surface area is 168 Å². The van der Waals surface area contributed by atoms with E-state index < -0.39 is 5.97 Å². The molecule has 0 saturated carbocycles. The number of carbonyl (C=O) groups is 2. The van der Waals surface area contributed by atoms with Crippen LogP contribution >= 0.6 is 47.2 Å². The van der Waals surface area contributed by atoms with Crippen molar-refractivity contribution in [3.8, 4) is 11.3 Å².